The maximum atomic E-state index is 9.83. The van der Waals surface area contributed by atoms with Crippen molar-refractivity contribution in [2.24, 2.45) is 5.73 Å². The Morgan fingerprint density at radius 3 is 2.38 bits per heavy atom. The molecule has 72 valence electrons. The maximum absolute atomic E-state index is 9.83. The second-order valence-corrected chi connectivity index (χ2v) is 4.15. The molecule has 1 aromatic rings. The average molecular weight is 200 g/mol. The molecular formula is C10H14ClNO. The highest BCUT2D eigenvalue weighted by atomic mass is 35.5. The average Bonchev–Trinajstić information content (AvgIpc) is 2.02. The van der Waals surface area contributed by atoms with Crippen LogP contribution in [0.15, 0.2) is 24.3 Å². The van der Waals surface area contributed by atoms with Gasteiger partial charge < -0.3 is 10.8 Å². The van der Waals surface area contributed by atoms with Crippen LogP contribution in [0.25, 0.3) is 0 Å². The summed E-state index contributed by atoms with van der Waals surface area (Å²) in [5, 5.41) is 10.4. The third kappa shape index (κ3) is 2.44. The van der Waals surface area contributed by atoms with E-state index in [4.69, 9.17) is 17.3 Å². The zero-order valence-corrected chi connectivity index (χ0v) is 8.55. The summed E-state index contributed by atoms with van der Waals surface area (Å²) < 4.78 is 0. The van der Waals surface area contributed by atoms with Gasteiger partial charge in [0.15, 0.2) is 0 Å². The number of benzene rings is 1. The van der Waals surface area contributed by atoms with Crippen LogP contribution in [0.3, 0.4) is 0 Å². The van der Waals surface area contributed by atoms with Crippen LogP contribution < -0.4 is 5.73 Å². The second kappa shape index (κ2) is 3.66. The van der Waals surface area contributed by atoms with Crippen molar-refractivity contribution in [1.82, 2.24) is 0 Å². The van der Waals surface area contributed by atoms with Gasteiger partial charge in [-0.2, -0.15) is 0 Å². The topological polar surface area (TPSA) is 46.2 Å². The molecule has 0 heterocycles. The molecule has 0 fully saturated rings. The van der Waals surface area contributed by atoms with Crippen LogP contribution in [0.1, 0.15) is 25.5 Å². The van der Waals surface area contributed by atoms with Gasteiger partial charge in [-0.25, -0.2) is 0 Å². The van der Waals surface area contributed by atoms with Crippen LogP contribution in [0.4, 0.5) is 0 Å². The van der Waals surface area contributed by atoms with E-state index in [-0.39, 0.29) is 0 Å². The second-order valence-electron chi connectivity index (χ2n) is 3.75. The first-order valence-corrected chi connectivity index (χ1v) is 4.52. The highest BCUT2D eigenvalue weighted by molar-refractivity contribution is 6.31. The van der Waals surface area contributed by atoms with Crippen molar-refractivity contribution in [3.8, 4) is 0 Å². The number of hydrogen-bond acceptors (Lipinski definition) is 2. The monoisotopic (exact) mass is 199 g/mol. The van der Waals surface area contributed by atoms with Gasteiger partial charge in [-0.05, 0) is 19.9 Å². The Kier molecular flexibility index (Phi) is 2.96. The van der Waals surface area contributed by atoms with Gasteiger partial charge in [0.2, 0.25) is 0 Å². The number of halogens is 1. The largest absolute Gasteiger partial charge is 0.386 e. The molecule has 0 aliphatic rings. The summed E-state index contributed by atoms with van der Waals surface area (Å²) in [7, 11) is 0. The first-order valence-electron chi connectivity index (χ1n) is 4.14. The lowest BCUT2D eigenvalue weighted by molar-refractivity contribution is 0.105. The molecule has 0 aromatic heterocycles. The molecule has 1 atom stereocenters. The Hall–Kier alpha value is -0.570. The third-order valence-corrected chi connectivity index (χ3v) is 2.25. The van der Waals surface area contributed by atoms with Crippen LogP contribution in [0, 0.1) is 0 Å². The molecule has 3 heteroatoms. The van der Waals surface area contributed by atoms with E-state index in [0.29, 0.717) is 10.6 Å². The number of hydrogen-bond donors (Lipinski definition) is 2. The standard InChI is InChI=1S/C10H14ClNO/c1-10(2,12)9(13)7-5-3-4-6-8(7)11/h3-6,9,13H,12H2,1-2H3. The highest BCUT2D eigenvalue weighted by Crippen LogP contribution is 2.28. The quantitative estimate of drug-likeness (QED) is 0.767. The summed E-state index contributed by atoms with van der Waals surface area (Å²) in [6.45, 7) is 3.53. The van der Waals surface area contributed by atoms with E-state index in [9.17, 15) is 5.11 Å². The van der Waals surface area contributed by atoms with Gasteiger partial charge in [-0.3, -0.25) is 0 Å². The molecule has 0 aliphatic carbocycles. The van der Waals surface area contributed by atoms with Crippen molar-refractivity contribution in [3.05, 3.63) is 34.9 Å². The molecule has 0 radical (unpaired) electrons. The van der Waals surface area contributed by atoms with Crippen molar-refractivity contribution in [2.45, 2.75) is 25.5 Å². The molecule has 0 spiro atoms. The molecule has 1 unspecified atom stereocenters. The van der Waals surface area contributed by atoms with E-state index in [0.717, 1.165) is 0 Å². The van der Waals surface area contributed by atoms with E-state index in [1.807, 2.05) is 12.1 Å². The van der Waals surface area contributed by atoms with Crippen LogP contribution >= 0.6 is 11.6 Å². The fourth-order valence-electron chi connectivity index (χ4n) is 1.10. The van der Waals surface area contributed by atoms with Crippen molar-refractivity contribution in [2.75, 3.05) is 0 Å². The molecule has 0 saturated heterocycles. The molecule has 13 heavy (non-hydrogen) atoms. The Morgan fingerprint density at radius 1 is 1.38 bits per heavy atom. The smallest absolute Gasteiger partial charge is 0.0978 e. The van der Waals surface area contributed by atoms with Gasteiger partial charge in [-0.15, -0.1) is 0 Å². The van der Waals surface area contributed by atoms with Gasteiger partial charge in [0.05, 0.1) is 6.10 Å². The van der Waals surface area contributed by atoms with Crippen LogP contribution in [-0.2, 0) is 0 Å². The lowest BCUT2D eigenvalue weighted by atomic mass is 9.92. The van der Waals surface area contributed by atoms with Crippen LogP contribution in [-0.4, -0.2) is 10.6 Å². The SMILES string of the molecule is CC(C)(N)C(O)c1ccccc1Cl. The van der Waals surface area contributed by atoms with E-state index >= 15 is 0 Å². The summed E-state index contributed by atoms with van der Waals surface area (Å²) >= 11 is 5.91. The van der Waals surface area contributed by atoms with Crippen LogP contribution in [0.2, 0.25) is 5.02 Å². The van der Waals surface area contributed by atoms with Gasteiger partial charge >= 0.3 is 0 Å². The predicted molar refractivity (Wildman–Crippen MR) is 54.7 cm³/mol. The molecule has 0 amide bonds. The van der Waals surface area contributed by atoms with Crippen molar-refractivity contribution in [3.63, 3.8) is 0 Å². The third-order valence-electron chi connectivity index (χ3n) is 1.90. The van der Waals surface area contributed by atoms with Gasteiger partial charge in [0.25, 0.3) is 0 Å². The zero-order valence-electron chi connectivity index (χ0n) is 7.79. The van der Waals surface area contributed by atoms with Gasteiger partial charge in [0, 0.05) is 16.1 Å². The van der Waals surface area contributed by atoms with E-state index < -0.39 is 11.6 Å². The van der Waals surface area contributed by atoms with E-state index in [1.165, 1.54) is 0 Å². The summed E-state index contributed by atoms with van der Waals surface area (Å²) in [4.78, 5) is 0. The molecule has 3 N–H and O–H groups in total. The summed E-state index contributed by atoms with van der Waals surface area (Å²) in [6.07, 6.45) is -0.735. The van der Waals surface area contributed by atoms with Crippen molar-refractivity contribution >= 4 is 11.6 Å². The van der Waals surface area contributed by atoms with E-state index in [2.05, 4.69) is 0 Å². The lowest BCUT2D eigenvalue weighted by Gasteiger charge is -2.26. The molecule has 2 nitrogen and oxygen atoms in total. The minimum absolute atomic E-state index is 0.550. The van der Waals surface area contributed by atoms with Crippen molar-refractivity contribution in [1.29, 1.82) is 0 Å². The predicted octanol–water partition coefficient (Wildman–Crippen LogP) is 2.11. The Balaban J connectivity index is 3.02. The minimum Gasteiger partial charge on any atom is -0.386 e. The van der Waals surface area contributed by atoms with Gasteiger partial charge in [0.1, 0.15) is 0 Å². The summed E-state index contributed by atoms with van der Waals surface area (Å²) in [5.41, 5.74) is 5.77. The number of rotatable bonds is 2. The lowest BCUT2D eigenvalue weighted by Crippen LogP contribution is -2.39. The summed E-state index contributed by atoms with van der Waals surface area (Å²) in [6, 6.07) is 7.17. The fourth-order valence-corrected chi connectivity index (χ4v) is 1.34. The Morgan fingerprint density at radius 2 is 1.92 bits per heavy atom. The number of aliphatic hydroxyl groups is 1. The van der Waals surface area contributed by atoms with Gasteiger partial charge in [-0.1, -0.05) is 29.8 Å². The molecule has 1 aromatic carbocycles. The number of nitrogens with two attached hydrogens (primary N) is 1. The van der Waals surface area contributed by atoms with Crippen LogP contribution in [0.5, 0.6) is 0 Å². The number of aliphatic hydroxyl groups excluding tert-OH is 1. The fraction of sp³-hybridized carbons (Fsp3) is 0.400. The molecule has 0 aliphatic heterocycles. The molecular weight excluding hydrogens is 186 g/mol. The minimum atomic E-state index is -0.735. The Labute approximate surface area is 83.3 Å². The highest BCUT2D eigenvalue weighted by Gasteiger charge is 2.25. The first kappa shape index (κ1) is 10.5. The Bertz CT molecular complexity index is 293. The first-order chi connectivity index (χ1) is 5.93. The van der Waals surface area contributed by atoms with Crippen molar-refractivity contribution < 1.29 is 5.11 Å². The van der Waals surface area contributed by atoms with E-state index in [1.54, 1.807) is 26.0 Å². The summed E-state index contributed by atoms with van der Waals surface area (Å²) in [5.74, 6) is 0. The molecule has 0 saturated carbocycles. The maximum Gasteiger partial charge on any atom is 0.0978 e. The molecule has 1 rings (SSSR count). The normalized spacial score (nSPS) is 14.2. The zero-order chi connectivity index (χ0) is 10.1. The molecule has 0 bridgehead atoms.